The first-order valence-corrected chi connectivity index (χ1v) is 9.44. The van der Waals surface area contributed by atoms with Crippen LogP contribution in [-0.2, 0) is 32.9 Å². The molecular weight excluding hydrogens is 381 g/mol. The number of rotatable bonds is 5. The first kappa shape index (κ1) is 19.3. The highest BCUT2D eigenvalue weighted by Gasteiger charge is 2.45. The number of benzene rings is 2. The minimum Gasteiger partial charge on any atom is -0.467 e. The van der Waals surface area contributed by atoms with Crippen molar-refractivity contribution in [1.29, 1.82) is 0 Å². The van der Waals surface area contributed by atoms with Gasteiger partial charge in [-0.1, -0.05) is 31.0 Å². The lowest BCUT2D eigenvalue weighted by Crippen LogP contribution is -2.35. The predicted octanol–water partition coefficient (Wildman–Crippen LogP) is 4.16. The number of nitro groups is 1. The number of ether oxygens (including phenoxy) is 3. The summed E-state index contributed by atoms with van der Waals surface area (Å²) in [4.78, 5) is 23.8. The van der Waals surface area contributed by atoms with E-state index in [0.29, 0.717) is 35.3 Å². The Labute approximate surface area is 166 Å². The quantitative estimate of drug-likeness (QED) is 0.425. The molecule has 0 N–H and O–H groups in total. The second kappa shape index (κ2) is 7.79. The molecule has 1 saturated carbocycles. The summed E-state index contributed by atoms with van der Waals surface area (Å²) < 4.78 is 30.7. The normalized spacial score (nSPS) is 17.3. The van der Waals surface area contributed by atoms with Crippen LogP contribution in [0.25, 0.3) is 0 Å². The van der Waals surface area contributed by atoms with Crippen LogP contribution in [0.15, 0.2) is 36.4 Å². The maximum atomic E-state index is 14.5. The third-order valence-electron chi connectivity index (χ3n) is 5.58. The van der Waals surface area contributed by atoms with Gasteiger partial charge in [0.1, 0.15) is 18.2 Å². The summed E-state index contributed by atoms with van der Waals surface area (Å²) in [6.07, 6.45) is 2.61. The van der Waals surface area contributed by atoms with Crippen LogP contribution in [-0.4, -0.2) is 17.7 Å². The summed E-state index contributed by atoms with van der Waals surface area (Å²) in [5.74, 6) is -0.520. The molecule has 0 amide bonds. The van der Waals surface area contributed by atoms with Gasteiger partial charge in [0, 0.05) is 28.8 Å². The van der Waals surface area contributed by atoms with Crippen LogP contribution in [0.4, 0.5) is 10.1 Å². The Kier molecular flexibility index (Phi) is 5.19. The van der Waals surface area contributed by atoms with Gasteiger partial charge in [-0.25, -0.2) is 4.39 Å². The number of nitrogens with zero attached hydrogens (tertiary/aromatic N) is 1. The molecule has 1 heterocycles. The maximum absolute atomic E-state index is 14.5. The number of non-ortho nitro benzene ring substituents is 1. The summed E-state index contributed by atoms with van der Waals surface area (Å²) >= 11 is 0. The van der Waals surface area contributed by atoms with E-state index < -0.39 is 22.1 Å². The molecule has 0 saturated heterocycles. The van der Waals surface area contributed by atoms with Gasteiger partial charge in [-0.3, -0.25) is 14.9 Å². The fourth-order valence-electron chi connectivity index (χ4n) is 4.19. The largest absolute Gasteiger partial charge is 0.467 e. The highest BCUT2D eigenvalue weighted by atomic mass is 19.1. The van der Waals surface area contributed by atoms with E-state index >= 15 is 0 Å². The molecule has 152 valence electrons. The number of halogens is 1. The monoisotopic (exact) mass is 401 g/mol. The van der Waals surface area contributed by atoms with Gasteiger partial charge in [0.15, 0.2) is 6.79 Å². The predicted molar refractivity (Wildman–Crippen MR) is 99.7 cm³/mol. The molecule has 2 aromatic rings. The molecular formula is C21H20FNO6. The minimum atomic E-state index is -1.03. The van der Waals surface area contributed by atoms with E-state index in [2.05, 4.69) is 0 Å². The van der Waals surface area contributed by atoms with Crippen molar-refractivity contribution in [2.24, 2.45) is 0 Å². The minimum absolute atomic E-state index is 0.0188. The molecule has 0 bridgehead atoms. The van der Waals surface area contributed by atoms with Crippen molar-refractivity contribution in [3.8, 4) is 5.75 Å². The number of nitro benzene ring substituents is 1. The molecule has 1 aliphatic heterocycles. The zero-order valence-corrected chi connectivity index (χ0v) is 15.7. The van der Waals surface area contributed by atoms with E-state index in [9.17, 15) is 19.3 Å². The first-order valence-electron chi connectivity index (χ1n) is 9.44. The summed E-state index contributed by atoms with van der Waals surface area (Å²) in [5.41, 5.74) is 0.103. The number of hydrogen-bond donors (Lipinski definition) is 0. The van der Waals surface area contributed by atoms with Crippen LogP contribution in [0.3, 0.4) is 0 Å². The molecule has 2 aliphatic rings. The summed E-state index contributed by atoms with van der Waals surface area (Å²) in [6.45, 7) is 0.00109. The second-order valence-electron chi connectivity index (χ2n) is 7.31. The fourth-order valence-corrected chi connectivity index (χ4v) is 4.19. The molecule has 2 aromatic carbocycles. The van der Waals surface area contributed by atoms with Crippen molar-refractivity contribution in [2.75, 3.05) is 6.79 Å². The van der Waals surface area contributed by atoms with E-state index in [1.807, 2.05) is 0 Å². The van der Waals surface area contributed by atoms with E-state index in [1.165, 1.54) is 18.2 Å². The van der Waals surface area contributed by atoms with Crippen LogP contribution in [0.2, 0.25) is 0 Å². The fraction of sp³-hybridized carbons (Fsp3) is 0.381. The molecule has 29 heavy (non-hydrogen) atoms. The third kappa shape index (κ3) is 3.55. The Hall–Kier alpha value is -3.00. The average Bonchev–Trinajstić information content (AvgIpc) is 3.22. The van der Waals surface area contributed by atoms with Gasteiger partial charge in [-0.15, -0.1) is 0 Å². The van der Waals surface area contributed by atoms with Gasteiger partial charge in [0.2, 0.25) is 0 Å². The Morgan fingerprint density at radius 2 is 2.00 bits per heavy atom. The van der Waals surface area contributed by atoms with Crippen LogP contribution in [0.5, 0.6) is 5.75 Å². The van der Waals surface area contributed by atoms with Crippen LogP contribution in [0, 0.1) is 15.9 Å². The van der Waals surface area contributed by atoms with Crippen molar-refractivity contribution < 1.29 is 28.3 Å². The van der Waals surface area contributed by atoms with Crippen molar-refractivity contribution in [3.63, 3.8) is 0 Å². The van der Waals surface area contributed by atoms with Crippen molar-refractivity contribution in [1.82, 2.24) is 0 Å². The second-order valence-corrected chi connectivity index (χ2v) is 7.31. The van der Waals surface area contributed by atoms with Gasteiger partial charge in [0.25, 0.3) is 5.69 Å². The first-order chi connectivity index (χ1) is 14.0. The smallest absolute Gasteiger partial charge is 0.317 e. The molecule has 4 rings (SSSR count). The maximum Gasteiger partial charge on any atom is 0.317 e. The number of hydrogen-bond acceptors (Lipinski definition) is 6. The van der Waals surface area contributed by atoms with Gasteiger partial charge >= 0.3 is 5.97 Å². The SMILES string of the molecule is O=C(OCc1cc([N+](=O)[O-])cc2c1OCOC2)C1(c2ccccc2F)CCCC1. The van der Waals surface area contributed by atoms with E-state index in [1.54, 1.807) is 18.2 Å². The van der Waals surface area contributed by atoms with Gasteiger partial charge in [0.05, 0.1) is 16.9 Å². The molecule has 1 fully saturated rings. The lowest BCUT2D eigenvalue weighted by Gasteiger charge is -2.28. The highest BCUT2D eigenvalue weighted by molar-refractivity contribution is 5.83. The Morgan fingerprint density at radius 1 is 1.24 bits per heavy atom. The number of esters is 1. The lowest BCUT2D eigenvalue weighted by atomic mass is 9.78. The molecule has 1 aliphatic carbocycles. The zero-order valence-electron chi connectivity index (χ0n) is 15.7. The lowest BCUT2D eigenvalue weighted by molar-refractivity contribution is -0.385. The van der Waals surface area contributed by atoms with Gasteiger partial charge < -0.3 is 14.2 Å². The summed E-state index contributed by atoms with van der Waals surface area (Å²) in [6, 6.07) is 8.97. The van der Waals surface area contributed by atoms with E-state index in [4.69, 9.17) is 14.2 Å². The number of fused-ring (bicyclic) bond motifs is 1. The Bertz CT molecular complexity index is 954. The molecule has 7 nitrogen and oxygen atoms in total. The standard InChI is InChI=1S/C21H20FNO6/c22-18-6-2-1-5-17(18)21(7-3-4-8-21)20(24)28-12-15-10-16(23(25)26)9-14-11-27-13-29-19(14)15/h1-2,5-6,9-10H,3-4,7-8,11-13H2. The third-order valence-corrected chi connectivity index (χ3v) is 5.58. The van der Waals surface area contributed by atoms with Crippen molar-refractivity contribution in [2.45, 2.75) is 44.3 Å². The van der Waals surface area contributed by atoms with Gasteiger partial charge in [-0.05, 0) is 18.9 Å². The molecule has 8 heteroatoms. The number of carbonyl (C=O) groups excluding carboxylic acids is 1. The van der Waals surface area contributed by atoms with Crippen LogP contribution in [0.1, 0.15) is 42.4 Å². The molecule has 0 unspecified atom stereocenters. The molecule has 0 atom stereocenters. The van der Waals surface area contributed by atoms with E-state index in [-0.39, 0.29) is 25.7 Å². The highest BCUT2D eigenvalue weighted by Crippen LogP contribution is 2.43. The Balaban J connectivity index is 1.61. The van der Waals surface area contributed by atoms with Crippen LogP contribution >= 0.6 is 0 Å². The van der Waals surface area contributed by atoms with Crippen molar-refractivity contribution in [3.05, 3.63) is 69.0 Å². The average molecular weight is 401 g/mol. The zero-order chi connectivity index (χ0) is 20.4. The summed E-state index contributed by atoms with van der Waals surface area (Å²) in [5, 5.41) is 11.2. The Morgan fingerprint density at radius 3 is 2.72 bits per heavy atom. The number of carbonyl (C=O) groups is 1. The van der Waals surface area contributed by atoms with E-state index in [0.717, 1.165) is 12.8 Å². The summed E-state index contributed by atoms with van der Waals surface area (Å²) in [7, 11) is 0. The molecule has 0 radical (unpaired) electrons. The van der Waals surface area contributed by atoms with Crippen molar-refractivity contribution >= 4 is 11.7 Å². The molecule has 0 aromatic heterocycles. The molecule has 0 spiro atoms. The van der Waals surface area contributed by atoms with Crippen LogP contribution < -0.4 is 4.74 Å². The topological polar surface area (TPSA) is 87.9 Å². The van der Waals surface area contributed by atoms with Gasteiger partial charge in [-0.2, -0.15) is 0 Å².